The van der Waals surface area contributed by atoms with Crippen molar-refractivity contribution in [2.75, 3.05) is 25.2 Å². The first-order chi connectivity index (χ1) is 9.33. The van der Waals surface area contributed by atoms with Gasteiger partial charge in [-0.2, -0.15) is 13.2 Å². The van der Waals surface area contributed by atoms with Crippen molar-refractivity contribution in [1.29, 1.82) is 0 Å². The third-order valence-electron chi connectivity index (χ3n) is 2.18. The highest BCUT2D eigenvalue weighted by atomic mass is 35.5. The Hall–Kier alpha value is -1.51. The molecular formula is C11H13ClF3N3O2. The maximum Gasteiger partial charge on any atom is 0.411 e. The van der Waals surface area contributed by atoms with Crippen molar-refractivity contribution < 1.29 is 22.7 Å². The molecule has 1 rings (SSSR count). The summed E-state index contributed by atoms with van der Waals surface area (Å²) in [6, 6.07) is 4.44. The van der Waals surface area contributed by atoms with E-state index in [1.54, 1.807) is 6.07 Å². The standard InChI is InChI=1S/C11H13ClF3N3O2/c12-7-1-2-9(18-16)8(5-7)10(19)17-3-4-20-6-11(13,14)15/h1-2,5,18H,3-4,6,16H2,(H,17,19). The molecule has 1 aromatic carbocycles. The van der Waals surface area contributed by atoms with E-state index in [0.717, 1.165) is 0 Å². The fourth-order valence-electron chi connectivity index (χ4n) is 1.35. The van der Waals surface area contributed by atoms with E-state index in [4.69, 9.17) is 17.4 Å². The van der Waals surface area contributed by atoms with Crippen LogP contribution in [-0.4, -0.2) is 31.8 Å². The Labute approximate surface area is 118 Å². The second-order valence-corrected chi connectivity index (χ2v) is 4.19. The van der Waals surface area contributed by atoms with Crippen LogP contribution in [0.4, 0.5) is 18.9 Å². The lowest BCUT2D eigenvalue weighted by molar-refractivity contribution is -0.173. The summed E-state index contributed by atoms with van der Waals surface area (Å²) >= 11 is 5.75. The summed E-state index contributed by atoms with van der Waals surface area (Å²) in [7, 11) is 0. The molecule has 0 aliphatic heterocycles. The van der Waals surface area contributed by atoms with Crippen LogP contribution in [0.5, 0.6) is 0 Å². The van der Waals surface area contributed by atoms with Crippen LogP contribution < -0.4 is 16.6 Å². The van der Waals surface area contributed by atoms with Gasteiger partial charge in [-0.05, 0) is 18.2 Å². The third kappa shape index (κ3) is 5.64. The van der Waals surface area contributed by atoms with E-state index in [2.05, 4.69) is 15.5 Å². The molecule has 0 heterocycles. The normalized spacial score (nSPS) is 11.2. The Morgan fingerprint density at radius 3 is 2.70 bits per heavy atom. The molecule has 1 aromatic rings. The Balaban J connectivity index is 2.45. The van der Waals surface area contributed by atoms with Gasteiger partial charge in [0.05, 0.1) is 17.9 Å². The van der Waals surface area contributed by atoms with Crippen molar-refractivity contribution in [1.82, 2.24) is 5.32 Å². The SMILES string of the molecule is NNc1ccc(Cl)cc1C(=O)NCCOCC(F)(F)F. The molecule has 20 heavy (non-hydrogen) atoms. The van der Waals surface area contributed by atoms with Crippen molar-refractivity contribution in [3.8, 4) is 0 Å². The highest BCUT2D eigenvalue weighted by Gasteiger charge is 2.27. The van der Waals surface area contributed by atoms with Gasteiger partial charge in [0, 0.05) is 11.6 Å². The highest BCUT2D eigenvalue weighted by Crippen LogP contribution is 2.19. The van der Waals surface area contributed by atoms with Crippen LogP contribution in [0.25, 0.3) is 0 Å². The van der Waals surface area contributed by atoms with Crippen LogP contribution in [0.2, 0.25) is 5.02 Å². The van der Waals surface area contributed by atoms with Gasteiger partial charge in [-0.3, -0.25) is 10.6 Å². The number of nitrogens with one attached hydrogen (secondary N) is 2. The van der Waals surface area contributed by atoms with Crippen LogP contribution in [0.15, 0.2) is 18.2 Å². The quantitative estimate of drug-likeness (QED) is 0.426. The summed E-state index contributed by atoms with van der Waals surface area (Å²) in [5, 5.41) is 2.74. The lowest BCUT2D eigenvalue weighted by Gasteiger charge is -2.11. The van der Waals surface area contributed by atoms with E-state index in [1.165, 1.54) is 12.1 Å². The van der Waals surface area contributed by atoms with E-state index in [9.17, 15) is 18.0 Å². The van der Waals surface area contributed by atoms with Gasteiger partial charge in [0.1, 0.15) is 6.61 Å². The molecule has 0 aliphatic carbocycles. The molecule has 0 spiro atoms. The zero-order valence-corrected chi connectivity index (χ0v) is 11.0. The monoisotopic (exact) mass is 311 g/mol. The highest BCUT2D eigenvalue weighted by molar-refractivity contribution is 6.31. The molecule has 0 bridgehead atoms. The van der Waals surface area contributed by atoms with Crippen LogP contribution in [0, 0.1) is 0 Å². The number of halogens is 4. The molecule has 0 saturated heterocycles. The van der Waals surface area contributed by atoms with Crippen LogP contribution in [0.1, 0.15) is 10.4 Å². The van der Waals surface area contributed by atoms with E-state index in [1.807, 2.05) is 0 Å². The zero-order chi connectivity index (χ0) is 15.2. The Bertz CT molecular complexity index is 469. The minimum absolute atomic E-state index is 0.0640. The van der Waals surface area contributed by atoms with Gasteiger partial charge in [-0.1, -0.05) is 11.6 Å². The minimum Gasteiger partial charge on any atom is -0.370 e. The maximum atomic E-state index is 11.8. The molecule has 0 saturated carbocycles. The Morgan fingerprint density at radius 2 is 2.10 bits per heavy atom. The van der Waals surface area contributed by atoms with Crippen LogP contribution in [0.3, 0.4) is 0 Å². The number of hydrogen-bond acceptors (Lipinski definition) is 4. The smallest absolute Gasteiger partial charge is 0.370 e. The molecule has 0 unspecified atom stereocenters. The number of benzene rings is 1. The number of hydrazine groups is 1. The van der Waals surface area contributed by atoms with Gasteiger partial charge in [0.2, 0.25) is 0 Å². The predicted octanol–water partition coefficient (Wildman–Crippen LogP) is 1.93. The van der Waals surface area contributed by atoms with E-state index < -0.39 is 18.7 Å². The van der Waals surface area contributed by atoms with Crippen molar-refractivity contribution in [2.45, 2.75) is 6.18 Å². The van der Waals surface area contributed by atoms with Crippen molar-refractivity contribution in [2.24, 2.45) is 5.84 Å². The molecule has 0 aliphatic rings. The first kappa shape index (κ1) is 16.5. The van der Waals surface area contributed by atoms with E-state index >= 15 is 0 Å². The number of hydrogen-bond donors (Lipinski definition) is 3. The van der Waals surface area contributed by atoms with Crippen molar-refractivity contribution in [3.05, 3.63) is 28.8 Å². The minimum atomic E-state index is -4.38. The lowest BCUT2D eigenvalue weighted by Crippen LogP contribution is -2.29. The Morgan fingerprint density at radius 1 is 1.40 bits per heavy atom. The average Bonchev–Trinajstić information content (AvgIpc) is 2.36. The molecule has 9 heteroatoms. The summed E-state index contributed by atoms with van der Waals surface area (Å²) in [4.78, 5) is 11.8. The number of anilines is 1. The summed E-state index contributed by atoms with van der Waals surface area (Å²) in [6.07, 6.45) is -4.38. The predicted molar refractivity (Wildman–Crippen MR) is 68.5 cm³/mol. The summed E-state index contributed by atoms with van der Waals surface area (Å²) in [5.41, 5.74) is 2.87. The number of carbonyl (C=O) groups is 1. The van der Waals surface area contributed by atoms with Crippen LogP contribution >= 0.6 is 11.6 Å². The molecule has 0 fully saturated rings. The van der Waals surface area contributed by atoms with Gasteiger partial charge in [-0.25, -0.2) is 0 Å². The number of carbonyl (C=O) groups excluding carboxylic acids is 1. The fourth-order valence-corrected chi connectivity index (χ4v) is 1.52. The molecule has 0 aromatic heterocycles. The van der Waals surface area contributed by atoms with Gasteiger partial charge >= 0.3 is 6.18 Å². The first-order valence-corrected chi connectivity index (χ1v) is 5.90. The van der Waals surface area contributed by atoms with E-state index in [-0.39, 0.29) is 18.7 Å². The largest absolute Gasteiger partial charge is 0.411 e. The zero-order valence-electron chi connectivity index (χ0n) is 10.3. The topological polar surface area (TPSA) is 76.4 Å². The number of rotatable bonds is 6. The summed E-state index contributed by atoms with van der Waals surface area (Å²) in [5.74, 6) is 4.72. The number of alkyl halides is 3. The van der Waals surface area contributed by atoms with Gasteiger partial charge in [0.15, 0.2) is 0 Å². The summed E-state index contributed by atoms with van der Waals surface area (Å²) < 4.78 is 39.8. The fraction of sp³-hybridized carbons (Fsp3) is 0.364. The second kappa shape index (κ2) is 7.32. The van der Waals surface area contributed by atoms with Gasteiger partial charge in [-0.15, -0.1) is 0 Å². The Kier molecular flexibility index (Phi) is 6.05. The van der Waals surface area contributed by atoms with Gasteiger partial charge in [0.25, 0.3) is 5.91 Å². The number of ether oxygens (including phenoxy) is 1. The van der Waals surface area contributed by atoms with E-state index in [0.29, 0.717) is 10.7 Å². The van der Waals surface area contributed by atoms with Crippen molar-refractivity contribution in [3.63, 3.8) is 0 Å². The molecule has 5 nitrogen and oxygen atoms in total. The molecule has 0 radical (unpaired) electrons. The number of nitrogens with two attached hydrogens (primary N) is 1. The second-order valence-electron chi connectivity index (χ2n) is 3.76. The lowest BCUT2D eigenvalue weighted by atomic mass is 10.1. The van der Waals surface area contributed by atoms with Crippen molar-refractivity contribution >= 4 is 23.2 Å². The van der Waals surface area contributed by atoms with Crippen LogP contribution in [-0.2, 0) is 4.74 Å². The molecule has 1 amide bonds. The molecule has 0 atom stereocenters. The third-order valence-corrected chi connectivity index (χ3v) is 2.41. The first-order valence-electron chi connectivity index (χ1n) is 5.52. The number of amides is 1. The maximum absolute atomic E-state index is 11.8. The molecule has 4 N–H and O–H groups in total. The summed E-state index contributed by atoms with van der Waals surface area (Å²) in [6.45, 7) is -1.67. The number of nitrogen functional groups attached to an aromatic ring is 1. The molecular weight excluding hydrogens is 299 g/mol. The average molecular weight is 312 g/mol. The van der Waals surface area contributed by atoms with Gasteiger partial charge < -0.3 is 15.5 Å². The molecule has 112 valence electrons.